The highest BCUT2D eigenvalue weighted by Crippen LogP contribution is 2.36. The van der Waals surface area contributed by atoms with Crippen molar-refractivity contribution in [3.8, 4) is 28.7 Å². The molecule has 0 radical (unpaired) electrons. The number of halogens is 1. The van der Waals surface area contributed by atoms with Crippen LogP contribution in [0.3, 0.4) is 0 Å². The van der Waals surface area contributed by atoms with Crippen LogP contribution in [0, 0.1) is 0 Å². The second-order valence-electron chi connectivity index (χ2n) is 6.93. The quantitative estimate of drug-likeness (QED) is 0.550. The first-order valence-corrected chi connectivity index (χ1v) is 9.06. The Labute approximate surface area is 168 Å². The van der Waals surface area contributed by atoms with Gasteiger partial charge in [0.25, 0.3) is 5.89 Å². The number of aromatic nitrogens is 4. The summed E-state index contributed by atoms with van der Waals surface area (Å²) in [7, 11) is 0. The first-order chi connectivity index (χ1) is 13.2. The minimum Gasteiger partial charge on any atom is -0.463 e. The van der Waals surface area contributed by atoms with E-state index < -0.39 is 5.54 Å². The van der Waals surface area contributed by atoms with Crippen molar-refractivity contribution in [1.29, 1.82) is 0 Å². The zero-order chi connectivity index (χ0) is 18.3. The van der Waals surface area contributed by atoms with E-state index in [9.17, 15) is 0 Å². The number of rotatable bonds is 4. The lowest BCUT2D eigenvalue weighted by molar-refractivity contribution is 0.372. The number of hydrogen-bond donors (Lipinski definition) is 1. The third-order valence-corrected chi connectivity index (χ3v) is 5.07. The maximum atomic E-state index is 6.48. The molecular weight excluding hydrogens is 378 g/mol. The zero-order valence-electron chi connectivity index (χ0n) is 15.1. The van der Waals surface area contributed by atoms with E-state index in [0.29, 0.717) is 28.9 Å². The van der Waals surface area contributed by atoms with Crippen molar-refractivity contribution in [2.75, 3.05) is 0 Å². The van der Waals surface area contributed by atoms with Crippen molar-refractivity contribution >= 4 is 12.4 Å². The third-order valence-electron chi connectivity index (χ3n) is 5.07. The van der Waals surface area contributed by atoms with Crippen molar-refractivity contribution in [2.24, 2.45) is 5.73 Å². The standard InChI is InChI=1S/C20H19N5O2.ClH/c21-20(10-4-5-11-20)19-22-18(27-24-19)16-13-15(17-9-6-12-26-17)23-25(16)14-7-2-1-3-8-14;/h1-3,6-9,12-13H,4-5,10-11,21H2;1H. The van der Waals surface area contributed by atoms with Crippen LogP contribution in [-0.4, -0.2) is 19.9 Å². The van der Waals surface area contributed by atoms with Gasteiger partial charge in [0, 0.05) is 6.07 Å². The summed E-state index contributed by atoms with van der Waals surface area (Å²) in [6, 6.07) is 15.4. The van der Waals surface area contributed by atoms with Gasteiger partial charge < -0.3 is 14.7 Å². The van der Waals surface area contributed by atoms with Crippen molar-refractivity contribution < 1.29 is 8.94 Å². The maximum Gasteiger partial charge on any atom is 0.276 e. The van der Waals surface area contributed by atoms with E-state index in [4.69, 9.17) is 14.7 Å². The summed E-state index contributed by atoms with van der Waals surface area (Å²) < 4.78 is 12.9. The van der Waals surface area contributed by atoms with Crippen molar-refractivity contribution in [3.05, 3.63) is 60.6 Å². The van der Waals surface area contributed by atoms with Crippen molar-refractivity contribution in [3.63, 3.8) is 0 Å². The van der Waals surface area contributed by atoms with Crippen LogP contribution in [0.5, 0.6) is 0 Å². The summed E-state index contributed by atoms with van der Waals surface area (Å²) >= 11 is 0. The van der Waals surface area contributed by atoms with Gasteiger partial charge in [-0.15, -0.1) is 12.4 Å². The molecule has 7 nitrogen and oxygen atoms in total. The molecule has 5 rings (SSSR count). The molecule has 1 aliphatic rings. The van der Waals surface area contributed by atoms with Crippen LogP contribution in [0.25, 0.3) is 28.7 Å². The molecule has 0 spiro atoms. The van der Waals surface area contributed by atoms with E-state index in [0.717, 1.165) is 31.4 Å². The van der Waals surface area contributed by atoms with Gasteiger partial charge in [0.1, 0.15) is 11.4 Å². The van der Waals surface area contributed by atoms with Crippen LogP contribution >= 0.6 is 12.4 Å². The number of hydrogen-bond acceptors (Lipinski definition) is 6. The van der Waals surface area contributed by atoms with E-state index in [1.54, 1.807) is 10.9 Å². The minimum atomic E-state index is -0.497. The second kappa shape index (κ2) is 7.26. The lowest BCUT2D eigenvalue weighted by Gasteiger charge is -2.17. The largest absolute Gasteiger partial charge is 0.463 e. The van der Waals surface area contributed by atoms with Gasteiger partial charge in [-0.1, -0.05) is 36.2 Å². The SMILES string of the molecule is Cl.NC1(c2noc(-c3cc(-c4ccco4)nn3-c3ccccc3)n2)CCCC1. The molecule has 3 aromatic heterocycles. The Hall–Kier alpha value is -2.90. The normalized spacial score (nSPS) is 15.5. The summed E-state index contributed by atoms with van der Waals surface area (Å²) in [5, 5.41) is 8.86. The van der Waals surface area contributed by atoms with Crippen LogP contribution in [0.15, 0.2) is 63.7 Å². The molecule has 0 saturated heterocycles. The Bertz CT molecular complexity index is 1050. The zero-order valence-corrected chi connectivity index (χ0v) is 15.9. The Balaban J connectivity index is 0.00000192. The van der Waals surface area contributed by atoms with Gasteiger partial charge in [-0.3, -0.25) is 0 Å². The third kappa shape index (κ3) is 3.12. The van der Waals surface area contributed by atoms with Gasteiger partial charge in [0.05, 0.1) is 17.5 Å². The highest BCUT2D eigenvalue weighted by atomic mass is 35.5. The molecule has 4 aromatic rings. The van der Waals surface area contributed by atoms with Crippen molar-refractivity contribution in [2.45, 2.75) is 31.2 Å². The van der Waals surface area contributed by atoms with Gasteiger partial charge in [0.2, 0.25) is 0 Å². The molecule has 8 heteroatoms. The minimum absolute atomic E-state index is 0. The van der Waals surface area contributed by atoms with Gasteiger partial charge in [0.15, 0.2) is 11.6 Å². The average molecular weight is 398 g/mol. The van der Waals surface area contributed by atoms with Crippen LogP contribution in [0.4, 0.5) is 0 Å². The molecule has 144 valence electrons. The Kier molecular flexibility index (Phi) is 4.78. The smallest absolute Gasteiger partial charge is 0.276 e. The molecule has 2 N–H and O–H groups in total. The summed E-state index contributed by atoms with van der Waals surface area (Å²) in [4.78, 5) is 4.62. The predicted octanol–water partition coefficient (Wildman–Crippen LogP) is 4.33. The van der Waals surface area contributed by atoms with Gasteiger partial charge in [-0.2, -0.15) is 10.1 Å². The first-order valence-electron chi connectivity index (χ1n) is 9.06. The summed E-state index contributed by atoms with van der Waals surface area (Å²) in [6.45, 7) is 0. The molecular formula is C20H20ClN5O2. The molecule has 1 aromatic carbocycles. The highest BCUT2D eigenvalue weighted by molar-refractivity contribution is 5.85. The molecule has 0 aliphatic heterocycles. The van der Waals surface area contributed by atoms with E-state index in [1.165, 1.54) is 0 Å². The average Bonchev–Trinajstić information content (AvgIpc) is 3.47. The molecule has 1 saturated carbocycles. The fraction of sp³-hybridized carbons (Fsp3) is 0.250. The molecule has 0 amide bonds. The fourth-order valence-electron chi connectivity index (χ4n) is 3.60. The van der Waals surface area contributed by atoms with Crippen LogP contribution in [-0.2, 0) is 5.54 Å². The predicted molar refractivity (Wildman–Crippen MR) is 106 cm³/mol. The summed E-state index contributed by atoms with van der Waals surface area (Å²) in [5.41, 5.74) is 8.28. The molecule has 0 unspecified atom stereocenters. The van der Waals surface area contributed by atoms with Crippen LogP contribution in [0.2, 0.25) is 0 Å². The lowest BCUT2D eigenvalue weighted by atomic mass is 9.99. The molecule has 0 atom stereocenters. The second-order valence-corrected chi connectivity index (χ2v) is 6.93. The summed E-state index contributed by atoms with van der Waals surface area (Å²) in [5.74, 6) is 1.64. The topological polar surface area (TPSA) is 95.9 Å². The summed E-state index contributed by atoms with van der Waals surface area (Å²) in [6.07, 6.45) is 5.55. The monoisotopic (exact) mass is 397 g/mol. The van der Waals surface area contributed by atoms with E-state index >= 15 is 0 Å². The number of nitrogens with two attached hydrogens (primary N) is 1. The molecule has 1 aliphatic carbocycles. The molecule has 0 bridgehead atoms. The van der Waals surface area contributed by atoms with E-state index in [1.807, 2.05) is 48.5 Å². The van der Waals surface area contributed by atoms with Crippen LogP contribution in [0.1, 0.15) is 31.5 Å². The van der Waals surface area contributed by atoms with Crippen molar-refractivity contribution in [1.82, 2.24) is 19.9 Å². The number of benzene rings is 1. The molecule has 3 heterocycles. The Morgan fingerprint density at radius 1 is 1.04 bits per heavy atom. The Morgan fingerprint density at radius 3 is 2.54 bits per heavy atom. The number of furan rings is 1. The number of para-hydroxylation sites is 1. The van der Waals surface area contributed by atoms with Gasteiger partial charge >= 0.3 is 0 Å². The highest BCUT2D eigenvalue weighted by Gasteiger charge is 2.36. The maximum absolute atomic E-state index is 6.48. The van der Waals surface area contributed by atoms with Gasteiger partial charge in [-0.05, 0) is 37.1 Å². The van der Waals surface area contributed by atoms with Gasteiger partial charge in [-0.25, -0.2) is 4.68 Å². The molecule has 1 fully saturated rings. The van der Waals surface area contributed by atoms with Crippen LogP contribution < -0.4 is 5.73 Å². The lowest BCUT2D eigenvalue weighted by Crippen LogP contribution is -2.34. The molecule has 28 heavy (non-hydrogen) atoms. The number of nitrogens with zero attached hydrogens (tertiary/aromatic N) is 4. The van der Waals surface area contributed by atoms with E-state index in [2.05, 4.69) is 15.2 Å². The fourth-order valence-corrected chi connectivity index (χ4v) is 3.60. The first kappa shape index (κ1) is 18.5. The Morgan fingerprint density at radius 2 is 1.82 bits per heavy atom. The van der Waals surface area contributed by atoms with E-state index in [-0.39, 0.29) is 12.4 Å².